The van der Waals surface area contributed by atoms with Crippen LogP contribution in [0.1, 0.15) is 40.0 Å². The molecule has 0 bridgehead atoms. The Kier molecular flexibility index (Phi) is 5.93. The van der Waals surface area contributed by atoms with Crippen LogP contribution in [0.4, 0.5) is 0 Å². The van der Waals surface area contributed by atoms with E-state index in [2.05, 4.69) is 4.74 Å². The highest BCUT2D eigenvalue weighted by atomic mass is 16.7. The van der Waals surface area contributed by atoms with Crippen molar-refractivity contribution in [3.05, 3.63) is 0 Å². The normalized spacial score (nSPS) is 11.9. The molecule has 0 N–H and O–H groups in total. The smallest absolute Gasteiger partial charge is 0.308 e. The molecule has 4 heteroatoms. The number of ether oxygens (including phenoxy) is 2. The molecule has 0 heterocycles. The van der Waals surface area contributed by atoms with Crippen LogP contribution in [0.2, 0.25) is 0 Å². The summed E-state index contributed by atoms with van der Waals surface area (Å²) in [5.41, 5.74) is 0. The summed E-state index contributed by atoms with van der Waals surface area (Å²) in [6, 6.07) is 0. The molecule has 0 aromatic rings. The van der Waals surface area contributed by atoms with Gasteiger partial charge in [-0.25, -0.2) is 0 Å². The monoisotopic (exact) mass is 188 g/mol. The number of esters is 2. The predicted molar refractivity (Wildman–Crippen MR) is 46.8 cm³/mol. The first-order chi connectivity index (χ1) is 6.06. The van der Waals surface area contributed by atoms with E-state index in [1.165, 1.54) is 13.8 Å². The van der Waals surface area contributed by atoms with E-state index >= 15 is 0 Å². The van der Waals surface area contributed by atoms with Crippen LogP contribution in [-0.4, -0.2) is 18.2 Å². The predicted octanol–water partition coefficient (Wildman–Crippen LogP) is 1.63. The third kappa shape index (κ3) is 7.31. The molecule has 0 aromatic heterocycles. The molecule has 13 heavy (non-hydrogen) atoms. The molecule has 1 unspecified atom stereocenters. The molecule has 0 amide bonds. The molecule has 0 spiro atoms. The molecule has 0 aromatic carbocycles. The van der Waals surface area contributed by atoms with E-state index in [1.54, 1.807) is 0 Å². The minimum atomic E-state index is -0.776. The minimum Gasteiger partial charge on any atom is -0.426 e. The van der Waals surface area contributed by atoms with Crippen LogP contribution in [0.25, 0.3) is 0 Å². The van der Waals surface area contributed by atoms with E-state index in [0.717, 1.165) is 12.8 Å². The summed E-state index contributed by atoms with van der Waals surface area (Å²) in [4.78, 5) is 21.4. The summed E-state index contributed by atoms with van der Waals surface area (Å²) in [6.07, 6.45) is 1.34. The quantitative estimate of drug-likeness (QED) is 0.486. The summed E-state index contributed by atoms with van der Waals surface area (Å²) in [7, 11) is 0. The Morgan fingerprint density at radius 3 is 2.38 bits per heavy atom. The number of rotatable bonds is 5. The standard InChI is InChI=1S/C9H16O4/c1-4-5-6-9(11)13-8(3)12-7(2)10/h8H,4-6H2,1-3H3. The topological polar surface area (TPSA) is 52.6 Å². The fourth-order valence-electron chi connectivity index (χ4n) is 0.823. The summed E-state index contributed by atoms with van der Waals surface area (Å²) in [5.74, 6) is -0.772. The van der Waals surface area contributed by atoms with Crippen LogP contribution in [0.5, 0.6) is 0 Å². The molecule has 0 aliphatic carbocycles. The first-order valence-corrected chi connectivity index (χ1v) is 4.43. The lowest BCUT2D eigenvalue weighted by atomic mass is 10.2. The van der Waals surface area contributed by atoms with Crippen molar-refractivity contribution in [2.24, 2.45) is 0 Å². The lowest BCUT2D eigenvalue weighted by Crippen LogP contribution is -2.20. The SMILES string of the molecule is CCCCC(=O)OC(C)OC(C)=O. The van der Waals surface area contributed by atoms with Crippen LogP contribution < -0.4 is 0 Å². The van der Waals surface area contributed by atoms with Crippen LogP contribution in [0.15, 0.2) is 0 Å². The molecule has 0 radical (unpaired) electrons. The molecule has 0 saturated heterocycles. The molecule has 0 saturated carbocycles. The Morgan fingerprint density at radius 1 is 1.31 bits per heavy atom. The lowest BCUT2D eigenvalue weighted by Gasteiger charge is -2.12. The van der Waals surface area contributed by atoms with E-state index < -0.39 is 12.3 Å². The Balaban J connectivity index is 3.59. The van der Waals surface area contributed by atoms with Crippen molar-refractivity contribution in [2.45, 2.75) is 46.3 Å². The van der Waals surface area contributed by atoms with E-state index in [-0.39, 0.29) is 5.97 Å². The molecule has 0 aliphatic heterocycles. The summed E-state index contributed by atoms with van der Waals surface area (Å²) >= 11 is 0. The summed E-state index contributed by atoms with van der Waals surface area (Å²) in [6.45, 7) is 4.78. The highest BCUT2D eigenvalue weighted by Crippen LogP contribution is 2.01. The number of carbonyl (C=O) groups excluding carboxylic acids is 2. The van der Waals surface area contributed by atoms with Crippen molar-refractivity contribution in [1.29, 1.82) is 0 Å². The van der Waals surface area contributed by atoms with Gasteiger partial charge in [0.1, 0.15) is 0 Å². The van der Waals surface area contributed by atoms with Crippen molar-refractivity contribution in [2.75, 3.05) is 0 Å². The van der Waals surface area contributed by atoms with Crippen molar-refractivity contribution >= 4 is 11.9 Å². The van der Waals surface area contributed by atoms with Crippen LogP contribution >= 0.6 is 0 Å². The summed E-state index contributed by atoms with van der Waals surface area (Å²) in [5, 5.41) is 0. The van der Waals surface area contributed by atoms with Crippen molar-refractivity contribution < 1.29 is 19.1 Å². The minimum absolute atomic E-state index is 0.324. The molecular weight excluding hydrogens is 172 g/mol. The first-order valence-electron chi connectivity index (χ1n) is 4.43. The van der Waals surface area contributed by atoms with Gasteiger partial charge in [-0.2, -0.15) is 0 Å². The molecule has 4 nitrogen and oxygen atoms in total. The molecule has 0 aliphatic rings. The number of hydrogen-bond acceptors (Lipinski definition) is 4. The van der Waals surface area contributed by atoms with E-state index in [9.17, 15) is 9.59 Å². The third-order valence-electron chi connectivity index (χ3n) is 1.36. The van der Waals surface area contributed by atoms with Crippen LogP contribution in [0, 0.1) is 0 Å². The zero-order valence-corrected chi connectivity index (χ0v) is 8.33. The van der Waals surface area contributed by atoms with E-state index in [0.29, 0.717) is 6.42 Å². The highest BCUT2D eigenvalue weighted by molar-refractivity contribution is 5.70. The Hall–Kier alpha value is -1.06. The van der Waals surface area contributed by atoms with Gasteiger partial charge in [0.2, 0.25) is 6.29 Å². The van der Waals surface area contributed by atoms with Gasteiger partial charge in [0, 0.05) is 20.3 Å². The van der Waals surface area contributed by atoms with Gasteiger partial charge in [0.15, 0.2) is 0 Å². The largest absolute Gasteiger partial charge is 0.426 e. The Morgan fingerprint density at radius 2 is 1.92 bits per heavy atom. The van der Waals surface area contributed by atoms with Crippen molar-refractivity contribution in [1.82, 2.24) is 0 Å². The highest BCUT2D eigenvalue weighted by Gasteiger charge is 2.10. The number of hydrogen-bond donors (Lipinski definition) is 0. The third-order valence-corrected chi connectivity index (χ3v) is 1.36. The van der Waals surface area contributed by atoms with Gasteiger partial charge in [-0.3, -0.25) is 9.59 Å². The summed E-state index contributed by atoms with van der Waals surface area (Å²) < 4.78 is 9.40. The molecule has 0 fully saturated rings. The van der Waals surface area contributed by atoms with Gasteiger partial charge in [-0.05, 0) is 6.42 Å². The van der Waals surface area contributed by atoms with E-state index in [1.807, 2.05) is 6.92 Å². The van der Waals surface area contributed by atoms with Gasteiger partial charge in [0.25, 0.3) is 0 Å². The molecular formula is C9H16O4. The molecule has 1 atom stereocenters. The lowest BCUT2D eigenvalue weighted by molar-refractivity contribution is -0.182. The average molecular weight is 188 g/mol. The maximum atomic E-state index is 11.0. The Bertz CT molecular complexity index is 176. The van der Waals surface area contributed by atoms with Gasteiger partial charge in [-0.1, -0.05) is 13.3 Å². The number of unbranched alkanes of at least 4 members (excludes halogenated alkanes) is 1. The van der Waals surface area contributed by atoms with Gasteiger partial charge in [0.05, 0.1) is 0 Å². The second kappa shape index (κ2) is 6.46. The second-order valence-corrected chi connectivity index (χ2v) is 2.77. The van der Waals surface area contributed by atoms with Crippen molar-refractivity contribution in [3.8, 4) is 0 Å². The fourth-order valence-corrected chi connectivity index (χ4v) is 0.823. The second-order valence-electron chi connectivity index (χ2n) is 2.77. The maximum Gasteiger partial charge on any atom is 0.308 e. The van der Waals surface area contributed by atoms with Crippen molar-refractivity contribution in [3.63, 3.8) is 0 Å². The van der Waals surface area contributed by atoms with E-state index in [4.69, 9.17) is 4.74 Å². The van der Waals surface area contributed by atoms with Crippen LogP contribution in [0.3, 0.4) is 0 Å². The van der Waals surface area contributed by atoms with Crippen LogP contribution in [-0.2, 0) is 19.1 Å². The Labute approximate surface area is 78.2 Å². The maximum absolute atomic E-state index is 11.0. The first kappa shape index (κ1) is 11.9. The van der Waals surface area contributed by atoms with Gasteiger partial charge < -0.3 is 9.47 Å². The number of carbonyl (C=O) groups is 2. The average Bonchev–Trinajstić information content (AvgIpc) is 1.98. The molecule has 0 rings (SSSR count). The van der Waals surface area contributed by atoms with Gasteiger partial charge in [-0.15, -0.1) is 0 Å². The zero-order valence-electron chi connectivity index (χ0n) is 8.33. The zero-order chi connectivity index (χ0) is 10.3. The fraction of sp³-hybridized carbons (Fsp3) is 0.778. The van der Waals surface area contributed by atoms with Gasteiger partial charge >= 0.3 is 11.9 Å². The molecule has 76 valence electrons.